The number of fused-ring (bicyclic) bond motifs is 2. The van der Waals surface area contributed by atoms with Crippen LogP contribution in [0.5, 0.6) is 0 Å². The molecule has 0 spiro atoms. The van der Waals surface area contributed by atoms with E-state index in [1.807, 2.05) is 18.2 Å². The van der Waals surface area contributed by atoms with Crippen molar-refractivity contribution in [3.63, 3.8) is 0 Å². The highest BCUT2D eigenvalue weighted by Gasteiger charge is 2.48. The third-order valence-electron chi connectivity index (χ3n) is 6.73. The second-order valence-corrected chi connectivity index (χ2v) is 10.2. The lowest BCUT2D eigenvalue weighted by molar-refractivity contribution is -0.139. The van der Waals surface area contributed by atoms with Crippen molar-refractivity contribution in [2.24, 2.45) is 5.92 Å². The maximum atomic E-state index is 13.6. The number of carbonyl (C=O) groups is 3. The molecular formula is C24H23BrClN5O3. The number of pyridine rings is 1. The van der Waals surface area contributed by atoms with E-state index in [9.17, 15) is 14.4 Å². The lowest BCUT2D eigenvalue weighted by Gasteiger charge is -2.29. The summed E-state index contributed by atoms with van der Waals surface area (Å²) in [6.45, 7) is 1.41. The Kier molecular flexibility index (Phi) is 6.16. The van der Waals surface area contributed by atoms with Gasteiger partial charge >= 0.3 is 0 Å². The number of halogens is 2. The Morgan fingerprint density at radius 2 is 2.03 bits per heavy atom. The molecule has 2 amide bonds. The summed E-state index contributed by atoms with van der Waals surface area (Å²) in [7, 11) is 0. The number of nitrogens with one attached hydrogen (secondary N) is 1. The molecule has 2 fully saturated rings. The largest absolute Gasteiger partial charge is 0.326 e. The van der Waals surface area contributed by atoms with Crippen LogP contribution in [-0.4, -0.2) is 49.3 Å². The monoisotopic (exact) mass is 543 g/mol. The third-order valence-corrected chi connectivity index (χ3v) is 7.43. The number of nitrogens with zero attached hydrogens (tertiary/aromatic N) is 4. The van der Waals surface area contributed by atoms with Gasteiger partial charge in [0.2, 0.25) is 11.8 Å². The number of amides is 2. The molecule has 176 valence electrons. The van der Waals surface area contributed by atoms with Crippen molar-refractivity contribution in [3.05, 3.63) is 51.7 Å². The van der Waals surface area contributed by atoms with E-state index in [1.165, 1.54) is 6.92 Å². The fraction of sp³-hybridized carbons (Fsp3) is 0.375. The molecule has 3 heterocycles. The Bertz CT molecular complexity index is 1310. The molecule has 3 aromatic rings. The maximum absolute atomic E-state index is 13.6. The molecule has 1 aliphatic heterocycles. The van der Waals surface area contributed by atoms with E-state index < -0.39 is 6.04 Å². The third kappa shape index (κ3) is 4.22. The molecule has 0 unspecified atom stereocenters. The zero-order chi connectivity index (χ0) is 24.0. The topological polar surface area (TPSA) is 97.2 Å². The number of hydrogen-bond acceptors (Lipinski definition) is 5. The molecule has 1 N–H and O–H groups in total. The molecule has 2 aromatic heterocycles. The van der Waals surface area contributed by atoms with Gasteiger partial charge in [-0.1, -0.05) is 40.0 Å². The number of benzene rings is 1. The van der Waals surface area contributed by atoms with Gasteiger partial charge in [-0.3, -0.25) is 19.1 Å². The molecule has 0 bridgehead atoms. The first kappa shape index (κ1) is 23.0. The van der Waals surface area contributed by atoms with Crippen LogP contribution in [0.2, 0.25) is 5.15 Å². The maximum Gasteiger partial charge on any atom is 0.248 e. The lowest BCUT2D eigenvalue weighted by Crippen LogP contribution is -2.48. The minimum absolute atomic E-state index is 0.0267. The lowest BCUT2D eigenvalue weighted by atomic mass is 10.0. The van der Waals surface area contributed by atoms with Crippen molar-refractivity contribution in [1.82, 2.24) is 19.7 Å². The summed E-state index contributed by atoms with van der Waals surface area (Å²) in [6, 6.07) is 9.97. The van der Waals surface area contributed by atoms with E-state index in [0.717, 1.165) is 23.7 Å². The highest BCUT2D eigenvalue weighted by molar-refractivity contribution is 9.10. The second-order valence-electron chi connectivity index (χ2n) is 8.87. The van der Waals surface area contributed by atoms with Crippen molar-refractivity contribution < 1.29 is 14.4 Å². The summed E-state index contributed by atoms with van der Waals surface area (Å²) in [5.74, 6) is 0.0339. The van der Waals surface area contributed by atoms with Gasteiger partial charge in [0.25, 0.3) is 0 Å². The van der Waals surface area contributed by atoms with Crippen molar-refractivity contribution in [3.8, 4) is 0 Å². The fourth-order valence-corrected chi connectivity index (χ4v) is 5.84. The molecule has 1 aromatic carbocycles. The molecule has 10 heteroatoms. The van der Waals surface area contributed by atoms with Gasteiger partial charge < -0.3 is 10.2 Å². The normalized spacial score (nSPS) is 21.6. The summed E-state index contributed by atoms with van der Waals surface area (Å²) in [5.41, 5.74) is 1.03. The average Bonchev–Trinajstić information content (AvgIpc) is 3.46. The molecule has 34 heavy (non-hydrogen) atoms. The van der Waals surface area contributed by atoms with Crippen molar-refractivity contribution in [2.45, 2.75) is 51.2 Å². The molecule has 1 saturated heterocycles. The summed E-state index contributed by atoms with van der Waals surface area (Å²) < 4.78 is 2.39. The highest BCUT2D eigenvalue weighted by Crippen LogP contribution is 2.42. The van der Waals surface area contributed by atoms with Crippen molar-refractivity contribution in [2.75, 3.05) is 5.32 Å². The predicted octanol–water partition coefficient (Wildman–Crippen LogP) is 4.46. The molecule has 5 rings (SSSR count). The van der Waals surface area contributed by atoms with Crippen LogP contribution in [0.4, 0.5) is 5.82 Å². The number of hydrogen-bond donors (Lipinski definition) is 1. The standard InChI is InChI=1S/C24H23BrClN5O3/c1-13(32)23-16-11-15(25)8-9-18(16)30(29-23)12-22(33)31-17-5-2-4-14(17)10-19(31)24(34)28-21-7-3-6-20(26)27-21/h3,6-9,11,14,17,19H,2,4-5,10,12H2,1H3,(H,27,28,34)/t14-,17-,19-/m0/s1. The number of aromatic nitrogens is 3. The Balaban J connectivity index is 1.43. The minimum atomic E-state index is -0.591. The van der Waals surface area contributed by atoms with Crippen molar-refractivity contribution >= 4 is 61.8 Å². The first-order chi connectivity index (χ1) is 16.3. The Hall–Kier alpha value is -2.78. The van der Waals surface area contributed by atoms with Crippen LogP contribution in [-0.2, 0) is 16.1 Å². The van der Waals surface area contributed by atoms with Crippen LogP contribution in [0.1, 0.15) is 43.1 Å². The first-order valence-corrected chi connectivity index (χ1v) is 12.4. The SMILES string of the molecule is CC(=O)c1nn(CC(=O)N2[C@H](C(=O)Nc3cccc(Cl)n3)C[C@@H]3CCC[C@@H]32)c2ccc(Br)cc12. The number of rotatable bonds is 5. The van der Waals surface area contributed by atoms with Crippen LogP contribution in [0.3, 0.4) is 0 Å². The second kappa shape index (κ2) is 9.11. The van der Waals surface area contributed by atoms with Gasteiger partial charge in [-0.25, -0.2) is 4.98 Å². The van der Waals surface area contributed by atoms with Gasteiger partial charge in [0.05, 0.1) is 5.52 Å². The van der Waals surface area contributed by atoms with E-state index in [4.69, 9.17) is 11.6 Å². The number of ketones is 1. The number of carbonyl (C=O) groups excluding carboxylic acids is 3. The zero-order valence-corrected chi connectivity index (χ0v) is 20.8. The van der Waals surface area contributed by atoms with Crippen LogP contribution in [0.25, 0.3) is 10.9 Å². The van der Waals surface area contributed by atoms with Gasteiger partial charge in [0.15, 0.2) is 5.78 Å². The minimum Gasteiger partial charge on any atom is -0.326 e. The molecular weight excluding hydrogens is 522 g/mol. The van der Waals surface area contributed by atoms with E-state index in [-0.39, 0.29) is 35.3 Å². The zero-order valence-electron chi connectivity index (χ0n) is 18.5. The quantitative estimate of drug-likeness (QED) is 0.378. The summed E-state index contributed by atoms with van der Waals surface area (Å²) >= 11 is 9.39. The predicted molar refractivity (Wildman–Crippen MR) is 132 cm³/mol. The smallest absolute Gasteiger partial charge is 0.248 e. The molecule has 1 aliphatic carbocycles. The van der Waals surface area contributed by atoms with Gasteiger partial charge in [-0.2, -0.15) is 5.10 Å². The van der Waals surface area contributed by atoms with Crippen LogP contribution >= 0.6 is 27.5 Å². The molecule has 1 saturated carbocycles. The van der Waals surface area contributed by atoms with Crippen molar-refractivity contribution in [1.29, 1.82) is 0 Å². The van der Waals surface area contributed by atoms with Crippen LogP contribution in [0.15, 0.2) is 40.9 Å². The number of likely N-dealkylation sites (tertiary alicyclic amines) is 1. The molecule has 2 aliphatic rings. The summed E-state index contributed by atoms with van der Waals surface area (Å²) in [4.78, 5) is 44.9. The fourth-order valence-electron chi connectivity index (χ4n) is 5.31. The highest BCUT2D eigenvalue weighted by atomic mass is 79.9. The summed E-state index contributed by atoms with van der Waals surface area (Å²) in [5, 5.41) is 8.24. The first-order valence-electron chi connectivity index (χ1n) is 11.2. The van der Waals surface area contributed by atoms with E-state index in [1.54, 1.807) is 27.8 Å². The molecule has 8 nitrogen and oxygen atoms in total. The average molecular weight is 545 g/mol. The molecule has 3 atom stereocenters. The molecule has 0 radical (unpaired) electrons. The number of Topliss-reactive ketones (excluding diaryl/α,β-unsaturated/α-hetero) is 1. The van der Waals surface area contributed by atoms with E-state index in [2.05, 4.69) is 31.3 Å². The number of anilines is 1. The summed E-state index contributed by atoms with van der Waals surface area (Å²) in [6.07, 6.45) is 3.53. The van der Waals surface area contributed by atoms with Gasteiger partial charge in [-0.05, 0) is 55.5 Å². The van der Waals surface area contributed by atoms with Gasteiger partial charge in [0, 0.05) is 22.8 Å². The van der Waals surface area contributed by atoms with Gasteiger partial charge in [0.1, 0.15) is 29.3 Å². The van der Waals surface area contributed by atoms with Crippen LogP contribution < -0.4 is 5.32 Å². The van der Waals surface area contributed by atoms with E-state index >= 15 is 0 Å². The van der Waals surface area contributed by atoms with Crippen LogP contribution in [0, 0.1) is 5.92 Å². The Morgan fingerprint density at radius 3 is 2.79 bits per heavy atom. The Labute approximate surface area is 209 Å². The van der Waals surface area contributed by atoms with E-state index in [0.29, 0.717) is 34.8 Å². The van der Waals surface area contributed by atoms with Gasteiger partial charge in [-0.15, -0.1) is 0 Å². The Morgan fingerprint density at radius 1 is 1.21 bits per heavy atom.